The number of ether oxygens (including phenoxy) is 2. The van der Waals surface area contributed by atoms with Crippen LogP contribution in [0.1, 0.15) is 12.6 Å². The molecular formula is C17H26N8O3S. The van der Waals surface area contributed by atoms with Gasteiger partial charge in [-0.3, -0.25) is 10.4 Å². The molecule has 0 aliphatic carbocycles. The second-order valence-electron chi connectivity index (χ2n) is 6.45. The smallest absolute Gasteiger partial charge is 0.409 e. The summed E-state index contributed by atoms with van der Waals surface area (Å²) in [6.45, 7) is 7.25. The van der Waals surface area contributed by atoms with Crippen molar-refractivity contribution in [1.82, 2.24) is 25.2 Å². The second-order valence-corrected chi connectivity index (χ2v) is 6.84. The van der Waals surface area contributed by atoms with Crippen LogP contribution in [0.25, 0.3) is 0 Å². The Hall–Kier alpha value is -2.73. The summed E-state index contributed by atoms with van der Waals surface area (Å²) in [4.78, 5) is 26.3. The van der Waals surface area contributed by atoms with E-state index in [1.54, 1.807) is 24.2 Å². The number of hydrogen-bond donors (Lipinski definition) is 2. The summed E-state index contributed by atoms with van der Waals surface area (Å²) in [5.74, 6) is 0.875. The van der Waals surface area contributed by atoms with Crippen LogP contribution in [-0.4, -0.2) is 95.9 Å². The minimum Gasteiger partial charge on any atom is -0.450 e. The minimum atomic E-state index is -0.286. The van der Waals surface area contributed by atoms with Crippen LogP contribution in [0.4, 0.5) is 10.6 Å². The molecule has 0 saturated carbocycles. The molecular weight excluding hydrogens is 396 g/mol. The molecule has 0 unspecified atom stereocenters. The molecule has 29 heavy (non-hydrogen) atoms. The van der Waals surface area contributed by atoms with E-state index in [-0.39, 0.29) is 11.9 Å². The Bertz CT molecular complexity index is 748. The lowest BCUT2D eigenvalue weighted by Crippen LogP contribution is -2.49. The van der Waals surface area contributed by atoms with Gasteiger partial charge in [-0.2, -0.15) is 5.10 Å². The number of anilines is 1. The van der Waals surface area contributed by atoms with Gasteiger partial charge in [-0.15, -0.1) is 0 Å². The second kappa shape index (κ2) is 10.2. The molecule has 0 atom stereocenters. The fourth-order valence-electron chi connectivity index (χ4n) is 2.97. The number of thiocarbonyl (C=S) groups is 1. The first-order chi connectivity index (χ1) is 14.1. The zero-order chi connectivity index (χ0) is 20.6. The van der Waals surface area contributed by atoms with Crippen molar-refractivity contribution in [3.05, 3.63) is 18.1 Å². The van der Waals surface area contributed by atoms with Gasteiger partial charge in [-0.1, -0.05) is 0 Å². The van der Waals surface area contributed by atoms with Crippen LogP contribution in [0.15, 0.2) is 17.5 Å². The van der Waals surface area contributed by atoms with Crippen LogP contribution in [0, 0.1) is 0 Å². The summed E-state index contributed by atoms with van der Waals surface area (Å²) < 4.78 is 10.3. The number of piperazine rings is 1. The molecule has 1 amide bonds. The number of nitrogens with one attached hydrogen (secondary N) is 1. The van der Waals surface area contributed by atoms with Gasteiger partial charge in [0.15, 0.2) is 10.9 Å². The lowest BCUT2D eigenvalue weighted by atomic mass is 10.3. The number of carbonyl (C=O) groups is 1. The molecule has 11 nitrogen and oxygen atoms in total. The quantitative estimate of drug-likeness (QED) is 0.286. The molecule has 12 heteroatoms. The molecule has 0 aromatic carbocycles. The molecule has 1 aromatic heterocycles. The van der Waals surface area contributed by atoms with E-state index in [0.29, 0.717) is 75.7 Å². The molecule has 2 saturated heterocycles. The fraction of sp³-hybridized carbons (Fsp3) is 0.588. The number of aromatic nitrogens is 2. The third-order valence-electron chi connectivity index (χ3n) is 4.58. The highest BCUT2D eigenvalue weighted by molar-refractivity contribution is 7.80. The number of nitrogens with zero attached hydrogens (tertiary/aromatic N) is 6. The minimum absolute atomic E-state index is 0.195. The van der Waals surface area contributed by atoms with Crippen LogP contribution in [0.2, 0.25) is 0 Å². The monoisotopic (exact) mass is 422 g/mol. The average Bonchev–Trinajstić information content (AvgIpc) is 2.78. The van der Waals surface area contributed by atoms with Crippen molar-refractivity contribution in [1.29, 1.82) is 0 Å². The third kappa shape index (κ3) is 5.64. The van der Waals surface area contributed by atoms with Crippen molar-refractivity contribution >= 4 is 35.1 Å². The van der Waals surface area contributed by atoms with Crippen LogP contribution >= 0.6 is 12.2 Å². The molecule has 0 radical (unpaired) electrons. The highest BCUT2D eigenvalue weighted by Gasteiger charge is 2.23. The summed E-state index contributed by atoms with van der Waals surface area (Å²) in [6.07, 6.45) is 2.94. The predicted octanol–water partition coefficient (Wildman–Crippen LogP) is -0.418. The van der Waals surface area contributed by atoms with Crippen molar-refractivity contribution in [2.24, 2.45) is 10.8 Å². The highest BCUT2D eigenvalue weighted by Crippen LogP contribution is 2.13. The van der Waals surface area contributed by atoms with Crippen molar-refractivity contribution in [2.45, 2.75) is 6.92 Å². The molecule has 2 aliphatic rings. The number of carbonyl (C=O) groups excluding carboxylic acids is 1. The molecule has 1 aromatic rings. The van der Waals surface area contributed by atoms with Gasteiger partial charge < -0.3 is 29.9 Å². The molecule has 2 aliphatic heterocycles. The maximum atomic E-state index is 11.8. The molecule has 3 rings (SSSR count). The normalized spacial score (nSPS) is 17.8. The Kier molecular flexibility index (Phi) is 7.36. The standard InChI is InChI=1S/C17H26N8O3S/c1-2-28-17(26)25-5-3-23(4-6-25)14-12-19-11-13(20-14)15(18)21-22-16(29)24-7-9-27-10-8-24/h11-12H,2-10H2,1H3,(H2,18,21)(H,22,29). The Morgan fingerprint density at radius 2 is 1.97 bits per heavy atom. The Balaban J connectivity index is 1.57. The Labute approximate surface area is 174 Å². The van der Waals surface area contributed by atoms with Crippen molar-refractivity contribution < 1.29 is 14.3 Å². The lowest BCUT2D eigenvalue weighted by Gasteiger charge is -2.34. The number of amidine groups is 1. The van der Waals surface area contributed by atoms with Gasteiger partial charge in [0.1, 0.15) is 11.5 Å². The summed E-state index contributed by atoms with van der Waals surface area (Å²) in [5.41, 5.74) is 9.32. The fourth-order valence-corrected chi connectivity index (χ4v) is 3.20. The number of nitrogens with two attached hydrogens (primary N) is 1. The first kappa shape index (κ1) is 21.0. The maximum Gasteiger partial charge on any atom is 0.409 e. The maximum absolute atomic E-state index is 11.8. The van der Waals surface area contributed by atoms with Gasteiger partial charge in [-0.05, 0) is 19.1 Å². The van der Waals surface area contributed by atoms with E-state index in [1.807, 2.05) is 9.80 Å². The van der Waals surface area contributed by atoms with Gasteiger partial charge in [0.25, 0.3) is 0 Å². The molecule has 158 valence electrons. The van der Waals surface area contributed by atoms with E-state index in [1.165, 1.54) is 0 Å². The zero-order valence-corrected chi connectivity index (χ0v) is 17.2. The first-order valence-electron chi connectivity index (χ1n) is 9.53. The topological polar surface area (TPSA) is 121 Å². The molecule has 3 N–H and O–H groups in total. The summed E-state index contributed by atoms with van der Waals surface area (Å²) in [5, 5.41) is 4.64. The summed E-state index contributed by atoms with van der Waals surface area (Å²) in [6, 6.07) is 0. The highest BCUT2D eigenvalue weighted by atomic mass is 32.1. The van der Waals surface area contributed by atoms with Crippen molar-refractivity contribution in [2.75, 3.05) is 64.0 Å². The van der Waals surface area contributed by atoms with Gasteiger partial charge in [-0.25, -0.2) is 9.78 Å². The lowest BCUT2D eigenvalue weighted by molar-refractivity contribution is 0.0677. The van der Waals surface area contributed by atoms with Crippen molar-refractivity contribution in [3.63, 3.8) is 0 Å². The van der Waals surface area contributed by atoms with E-state index in [9.17, 15) is 4.79 Å². The number of hydrazone groups is 1. The first-order valence-corrected chi connectivity index (χ1v) is 9.94. The predicted molar refractivity (Wildman–Crippen MR) is 112 cm³/mol. The average molecular weight is 423 g/mol. The van der Waals surface area contributed by atoms with Crippen molar-refractivity contribution in [3.8, 4) is 0 Å². The van der Waals surface area contributed by atoms with Crippen LogP contribution in [0.3, 0.4) is 0 Å². The number of morpholine rings is 1. The van der Waals surface area contributed by atoms with Gasteiger partial charge in [0.05, 0.1) is 32.2 Å². The van der Waals surface area contributed by atoms with Crippen LogP contribution in [-0.2, 0) is 9.47 Å². The number of rotatable bonds is 4. The van der Waals surface area contributed by atoms with Crippen LogP contribution < -0.4 is 16.1 Å². The van der Waals surface area contributed by atoms with E-state index < -0.39 is 0 Å². The third-order valence-corrected chi connectivity index (χ3v) is 4.93. The molecule has 0 spiro atoms. The molecule has 0 bridgehead atoms. The summed E-state index contributed by atoms with van der Waals surface area (Å²) in [7, 11) is 0. The largest absolute Gasteiger partial charge is 0.450 e. The van der Waals surface area contributed by atoms with Gasteiger partial charge in [0, 0.05) is 39.3 Å². The molecule has 3 heterocycles. The number of amides is 1. The van der Waals surface area contributed by atoms with E-state index in [4.69, 9.17) is 27.4 Å². The van der Waals surface area contributed by atoms with Gasteiger partial charge >= 0.3 is 6.09 Å². The Morgan fingerprint density at radius 1 is 1.24 bits per heavy atom. The van der Waals surface area contributed by atoms with E-state index in [0.717, 1.165) is 0 Å². The molecule has 2 fully saturated rings. The zero-order valence-electron chi connectivity index (χ0n) is 16.4. The van der Waals surface area contributed by atoms with E-state index in [2.05, 4.69) is 20.5 Å². The Morgan fingerprint density at radius 3 is 2.66 bits per heavy atom. The number of hydrogen-bond acceptors (Lipinski definition) is 8. The van der Waals surface area contributed by atoms with E-state index >= 15 is 0 Å². The van der Waals surface area contributed by atoms with Gasteiger partial charge in [0.2, 0.25) is 0 Å². The summed E-state index contributed by atoms with van der Waals surface area (Å²) >= 11 is 5.33. The SMILES string of the molecule is CCOC(=O)N1CCN(c2cncc(/C(N)=N/NC(=S)N3CCOCC3)n2)CC1. The van der Waals surface area contributed by atoms with Crippen LogP contribution in [0.5, 0.6) is 0 Å².